The monoisotopic (exact) mass is 287 g/mol. The highest BCUT2D eigenvalue weighted by molar-refractivity contribution is 6.05. The van der Waals surface area contributed by atoms with E-state index in [-0.39, 0.29) is 30.3 Å². The summed E-state index contributed by atoms with van der Waals surface area (Å²) in [6, 6.07) is 9.27. The van der Waals surface area contributed by atoms with Crippen LogP contribution in [-0.4, -0.2) is 34.5 Å². The van der Waals surface area contributed by atoms with Crippen LogP contribution >= 0.6 is 0 Å². The van der Waals surface area contributed by atoms with E-state index in [4.69, 9.17) is 0 Å². The second kappa shape index (κ2) is 5.98. The Bertz CT molecular complexity index is 504. The van der Waals surface area contributed by atoms with E-state index in [2.05, 4.69) is 0 Å². The fourth-order valence-corrected chi connectivity index (χ4v) is 3.67. The van der Waals surface area contributed by atoms with Crippen LogP contribution < -0.4 is 0 Å². The van der Waals surface area contributed by atoms with Crippen LogP contribution in [0, 0.1) is 11.8 Å². The van der Waals surface area contributed by atoms with Crippen molar-refractivity contribution in [2.45, 2.75) is 38.1 Å². The number of hydrogen-bond donors (Lipinski definition) is 1. The topological polar surface area (TPSA) is 57.6 Å². The number of aliphatic hydroxyl groups is 1. The number of nitrogens with zero attached hydrogens (tertiary/aromatic N) is 1. The molecule has 2 unspecified atom stereocenters. The Hall–Kier alpha value is -1.68. The van der Waals surface area contributed by atoms with Crippen molar-refractivity contribution >= 4 is 11.8 Å². The van der Waals surface area contributed by atoms with Gasteiger partial charge in [0.05, 0.1) is 24.5 Å². The van der Waals surface area contributed by atoms with Gasteiger partial charge in [0, 0.05) is 0 Å². The van der Waals surface area contributed by atoms with Gasteiger partial charge in [-0.2, -0.15) is 0 Å². The summed E-state index contributed by atoms with van der Waals surface area (Å²) in [6.07, 6.45) is 4.20. The molecule has 3 rings (SSSR count). The first kappa shape index (κ1) is 14.3. The van der Waals surface area contributed by atoms with E-state index in [1.54, 1.807) is 0 Å². The summed E-state index contributed by atoms with van der Waals surface area (Å²) in [5.41, 5.74) is 1.03. The minimum absolute atomic E-state index is 0.0697. The van der Waals surface area contributed by atoms with Crippen LogP contribution in [0.4, 0.5) is 0 Å². The van der Waals surface area contributed by atoms with Gasteiger partial charge in [-0.3, -0.25) is 14.5 Å². The lowest BCUT2D eigenvalue weighted by molar-refractivity contribution is -0.143. The fraction of sp³-hybridized carbons (Fsp3) is 0.529. The minimum Gasteiger partial charge on any atom is -0.394 e. The summed E-state index contributed by atoms with van der Waals surface area (Å²) in [7, 11) is 0. The number of aliphatic hydroxyl groups excluding tert-OH is 1. The Labute approximate surface area is 124 Å². The van der Waals surface area contributed by atoms with Crippen LogP contribution in [0.3, 0.4) is 0 Å². The number of carbonyl (C=O) groups excluding carboxylic acids is 2. The second-order valence-electron chi connectivity index (χ2n) is 6.07. The molecule has 3 atom stereocenters. The highest BCUT2D eigenvalue weighted by Crippen LogP contribution is 2.39. The summed E-state index contributed by atoms with van der Waals surface area (Å²) < 4.78 is 0. The van der Waals surface area contributed by atoms with Gasteiger partial charge in [-0.05, 0) is 24.8 Å². The molecule has 0 bridgehead atoms. The van der Waals surface area contributed by atoms with Crippen molar-refractivity contribution in [3.8, 4) is 0 Å². The molecule has 0 radical (unpaired) electrons. The first-order valence-corrected chi connectivity index (χ1v) is 7.74. The molecule has 0 aromatic heterocycles. The Morgan fingerprint density at radius 2 is 1.62 bits per heavy atom. The quantitative estimate of drug-likeness (QED) is 0.859. The lowest BCUT2D eigenvalue weighted by Gasteiger charge is -2.25. The van der Waals surface area contributed by atoms with Gasteiger partial charge in [0.15, 0.2) is 0 Å². The molecular weight excluding hydrogens is 266 g/mol. The summed E-state index contributed by atoms with van der Waals surface area (Å²) in [5, 5.41) is 9.67. The first-order valence-electron chi connectivity index (χ1n) is 7.74. The number of likely N-dealkylation sites (tertiary alicyclic amines) is 1. The van der Waals surface area contributed by atoms with Crippen molar-refractivity contribution in [3.05, 3.63) is 35.9 Å². The number of imide groups is 1. The lowest BCUT2D eigenvalue weighted by atomic mass is 9.81. The van der Waals surface area contributed by atoms with Crippen molar-refractivity contribution in [3.63, 3.8) is 0 Å². The molecule has 1 saturated carbocycles. The van der Waals surface area contributed by atoms with Crippen LogP contribution in [0.15, 0.2) is 30.3 Å². The first-order chi connectivity index (χ1) is 10.2. The lowest BCUT2D eigenvalue weighted by Crippen LogP contribution is -2.44. The summed E-state index contributed by atoms with van der Waals surface area (Å²) in [6.45, 7) is -0.175. The number of rotatable bonds is 4. The van der Waals surface area contributed by atoms with Gasteiger partial charge in [0.25, 0.3) is 0 Å². The molecule has 1 aliphatic carbocycles. The molecule has 21 heavy (non-hydrogen) atoms. The van der Waals surface area contributed by atoms with Gasteiger partial charge in [0.1, 0.15) is 0 Å². The molecule has 2 fully saturated rings. The number of hydrogen-bond acceptors (Lipinski definition) is 3. The van der Waals surface area contributed by atoms with Gasteiger partial charge in [-0.1, -0.05) is 43.2 Å². The van der Waals surface area contributed by atoms with E-state index in [9.17, 15) is 14.7 Å². The van der Waals surface area contributed by atoms with Gasteiger partial charge in [-0.25, -0.2) is 0 Å². The Kier molecular flexibility index (Phi) is 4.06. The zero-order valence-electron chi connectivity index (χ0n) is 12.1. The van der Waals surface area contributed by atoms with E-state index < -0.39 is 6.04 Å². The highest BCUT2D eigenvalue weighted by atomic mass is 16.3. The Balaban J connectivity index is 1.80. The van der Waals surface area contributed by atoms with Crippen LogP contribution in [0.2, 0.25) is 0 Å². The molecule has 0 spiro atoms. The average molecular weight is 287 g/mol. The maximum absolute atomic E-state index is 12.5. The van der Waals surface area contributed by atoms with Crippen LogP contribution in [0.25, 0.3) is 0 Å². The van der Waals surface area contributed by atoms with E-state index in [1.807, 2.05) is 30.3 Å². The molecule has 2 aliphatic rings. The maximum Gasteiger partial charge on any atom is 0.233 e. The maximum atomic E-state index is 12.5. The van der Waals surface area contributed by atoms with Gasteiger partial charge < -0.3 is 5.11 Å². The predicted octanol–water partition coefficient (Wildman–Crippen LogP) is 1.77. The van der Waals surface area contributed by atoms with Crippen molar-refractivity contribution in [2.24, 2.45) is 11.8 Å². The molecule has 1 aromatic rings. The van der Waals surface area contributed by atoms with Crippen molar-refractivity contribution < 1.29 is 14.7 Å². The molecule has 1 saturated heterocycles. The van der Waals surface area contributed by atoms with Crippen molar-refractivity contribution in [2.75, 3.05) is 6.61 Å². The highest BCUT2D eigenvalue weighted by Gasteiger charge is 2.50. The van der Waals surface area contributed by atoms with Crippen LogP contribution in [0.1, 0.15) is 31.2 Å². The minimum atomic E-state index is -0.432. The molecular formula is C17H21NO3. The second-order valence-corrected chi connectivity index (χ2v) is 6.07. The van der Waals surface area contributed by atoms with Crippen LogP contribution in [-0.2, 0) is 16.0 Å². The summed E-state index contributed by atoms with van der Waals surface area (Å²) in [5.74, 6) is -0.425. The van der Waals surface area contributed by atoms with E-state index >= 15 is 0 Å². The predicted molar refractivity (Wildman–Crippen MR) is 78.3 cm³/mol. The number of carbonyl (C=O) groups is 2. The average Bonchev–Trinajstić information content (AvgIpc) is 2.78. The zero-order valence-corrected chi connectivity index (χ0v) is 12.1. The number of amides is 2. The smallest absolute Gasteiger partial charge is 0.233 e. The fourth-order valence-electron chi connectivity index (χ4n) is 3.67. The molecule has 1 N–H and O–H groups in total. The van der Waals surface area contributed by atoms with Gasteiger partial charge in [-0.15, -0.1) is 0 Å². The number of fused-ring (bicyclic) bond motifs is 1. The number of benzene rings is 1. The normalized spacial score (nSPS) is 26.8. The third kappa shape index (κ3) is 2.60. The van der Waals surface area contributed by atoms with Gasteiger partial charge in [0.2, 0.25) is 11.8 Å². The SMILES string of the molecule is O=C1C2CCCCC2C(=O)N1[C@H](CO)Cc1ccccc1. The third-order valence-corrected chi connectivity index (χ3v) is 4.77. The van der Waals surface area contributed by atoms with Crippen molar-refractivity contribution in [1.82, 2.24) is 4.90 Å². The molecule has 1 aromatic carbocycles. The molecule has 4 heteroatoms. The third-order valence-electron chi connectivity index (χ3n) is 4.77. The largest absolute Gasteiger partial charge is 0.394 e. The molecule has 112 valence electrons. The van der Waals surface area contributed by atoms with Crippen molar-refractivity contribution in [1.29, 1.82) is 0 Å². The van der Waals surface area contributed by atoms with E-state index in [1.165, 1.54) is 4.90 Å². The summed E-state index contributed by atoms with van der Waals surface area (Å²) >= 11 is 0. The van der Waals surface area contributed by atoms with Crippen LogP contribution in [0.5, 0.6) is 0 Å². The van der Waals surface area contributed by atoms with Gasteiger partial charge >= 0.3 is 0 Å². The van der Waals surface area contributed by atoms with E-state index in [0.29, 0.717) is 6.42 Å². The Morgan fingerprint density at radius 3 is 2.14 bits per heavy atom. The Morgan fingerprint density at radius 1 is 1.05 bits per heavy atom. The van der Waals surface area contributed by atoms with E-state index in [0.717, 1.165) is 31.2 Å². The molecule has 2 amide bonds. The summed E-state index contributed by atoms with van der Waals surface area (Å²) in [4.78, 5) is 26.4. The molecule has 1 aliphatic heterocycles. The standard InChI is InChI=1S/C17H21NO3/c19-11-13(10-12-6-2-1-3-7-12)18-16(20)14-8-4-5-9-15(14)17(18)21/h1-3,6-7,13-15,19H,4-5,8-11H2/t13-,14?,15?/m0/s1. The molecule has 4 nitrogen and oxygen atoms in total. The zero-order chi connectivity index (χ0) is 14.8. The molecule has 1 heterocycles.